The average molecular weight is 308 g/mol. The maximum absolute atomic E-state index is 12.5. The minimum Gasteiger partial charge on any atom is -0.361 e. The predicted octanol–water partition coefficient (Wildman–Crippen LogP) is 3.11. The minimum atomic E-state index is -4.36. The van der Waals surface area contributed by atoms with E-state index in [0.717, 1.165) is 12.1 Å². The third-order valence-corrected chi connectivity index (χ3v) is 4.15. The highest BCUT2D eigenvalue weighted by Crippen LogP contribution is 2.33. The second-order valence-corrected chi connectivity index (χ2v) is 6.49. The first-order valence-corrected chi connectivity index (χ1v) is 7.92. The fourth-order valence-corrected chi connectivity index (χ4v) is 2.74. The summed E-state index contributed by atoms with van der Waals surface area (Å²) in [7, 11) is -0.907. The number of nitrogens with one attached hydrogen (secondary N) is 1. The average Bonchev–Trinajstić information content (AvgIpc) is 2.68. The lowest BCUT2D eigenvalue weighted by Crippen LogP contribution is -2.09. The van der Waals surface area contributed by atoms with Crippen molar-refractivity contribution in [2.24, 2.45) is 0 Å². The number of rotatable bonds is 4. The summed E-state index contributed by atoms with van der Waals surface area (Å²) in [5, 5.41) is 3.50. The molecule has 0 aliphatic heterocycles. The Labute approximate surface area is 114 Å². The standard InChI is InChI=1S/C11H11F3N2OS2/c1-19(17)5-4-15-10-16-8-6-7(11(12,13)14)2-3-9(8)18-10/h2-3,6H,4-5H2,1H3,(H,15,16). The van der Waals surface area contributed by atoms with E-state index < -0.39 is 22.5 Å². The zero-order chi connectivity index (χ0) is 14.0. The smallest absolute Gasteiger partial charge is 0.361 e. The van der Waals surface area contributed by atoms with Crippen LogP contribution in [0, 0.1) is 0 Å². The number of halogens is 3. The van der Waals surface area contributed by atoms with E-state index in [1.807, 2.05) is 0 Å². The van der Waals surface area contributed by atoms with Gasteiger partial charge >= 0.3 is 6.18 Å². The number of hydrogen-bond acceptors (Lipinski definition) is 4. The molecule has 1 aromatic heterocycles. The van der Waals surface area contributed by atoms with Crippen LogP contribution in [0.25, 0.3) is 10.2 Å². The highest BCUT2D eigenvalue weighted by molar-refractivity contribution is 7.84. The lowest BCUT2D eigenvalue weighted by molar-refractivity contribution is -0.137. The molecule has 1 atom stereocenters. The van der Waals surface area contributed by atoms with Crippen LogP contribution in [0.5, 0.6) is 0 Å². The van der Waals surface area contributed by atoms with E-state index >= 15 is 0 Å². The monoisotopic (exact) mass is 308 g/mol. The van der Waals surface area contributed by atoms with Crippen molar-refractivity contribution < 1.29 is 17.4 Å². The molecule has 0 saturated carbocycles. The third-order valence-electron chi connectivity index (χ3n) is 2.38. The molecule has 0 aliphatic carbocycles. The highest BCUT2D eigenvalue weighted by Gasteiger charge is 2.30. The van der Waals surface area contributed by atoms with Gasteiger partial charge in [0.25, 0.3) is 0 Å². The Morgan fingerprint density at radius 3 is 2.79 bits per heavy atom. The fourth-order valence-electron chi connectivity index (χ4n) is 1.48. The minimum absolute atomic E-state index is 0.319. The largest absolute Gasteiger partial charge is 0.416 e. The summed E-state index contributed by atoms with van der Waals surface area (Å²) in [6.45, 7) is 0.481. The Hall–Kier alpha value is -1.15. The highest BCUT2D eigenvalue weighted by atomic mass is 32.2. The normalized spacial score (nSPS) is 13.7. The number of benzene rings is 1. The molecule has 0 aliphatic rings. The number of anilines is 1. The molecular formula is C11H11F3N2OS2. The Kier molecular flexibility index (Phi) is 4.10. The first-order chi connectivity index (χ1) is 8.86. The molecule has 8 heteroatoms. The third kappa shape index (κ3) is 3.66. The van der Waals surface area contributed by atoms with Crippen molar-refractivity contribution in [2.45, 2.75) is 6.18 Å². The molecule has 0 spiro atoms. The molecule has 3 nitrogen and oxygen atoms in total. The van der Waals surface area contributed by atoms with Gasteiger partial charge in [0.2, 0.25) is 0 Å². The first-order valence-electron chi connectivity index (χ1n) is 5.38. The van der Waals surface area contributed by atoms with E-state index in [1.165, 1.54) is 17.4 Å². The summed E-state index contributed by atoms with van der Waals surface area (Å²) < 4.78 is 49.2. The van der Waals surface area contributed by atoms with Crippen LogP contribution in [0.15, 0.2) is 18.2 Å². The number of nitrogens with zero attached hydrogens (tertiary/aromatic N) is 1. The van der Waals surface area contributed by atoms with Gasteiger partial charge in [0, 0.05) is 29.4 Å². The summed E-state index contributed by atoms with van der Waals surface area (Å²) in [5.74, 6) is 0.476. The summed E-state index contributed by atoms with van der Waals surface area (Å²) >= 11 is 1.28. The summed E-state index contributed by atoms with van der Waals surface area (Å²) in [6, 6.07) is 3.50. The molecule has 2 rings (SSSR count). The van der Waals surface area contributed by atoms with Crippen LogP contribution in [0.3, 0.4) is 0 Å². The van der Waals surface area contributed by atoms with E-state index in [4.69, 9.17) is 0 Å². The van der Waals surface area contributed by atoms with Crippen LogP contribution in [0.2, 0.25) is 0 Å². The second-order valence-electron chi connectivity index (χ2n) is 3.90. The van der Waals surface area contributed by atoms with Crippen molar-refractivity contribution in [3.05, 3.63) is 23.8 Å². The zero-order valence-corrected chi connectivity index (χ0v) is 11.6. The molecule has 19 heavy (non-hydrogen) atoms. The van der Waals surface area contributed by atoms with Crippen molar-refractivity contribution >= 4 is 37.5 Å². The Morgan fingerprint density at radius 2 is 2.16 bits per heavy atom. The first kappa shape index (κ1) is 14.3. The van der Waals surface area contributed by atoms with Crippen molar-refractivity contribution in [2.75, 3.05) is 23.9 Å². The van der Waals surface area contributed by atoms with Crippen LogP contribution in [0.1, 0.15) is 5.56 Å². The molecule has 2 aromatic rings. The number of fused-ring (bicyclic) bond motifs is 1. The molecule has 0 saturated heterocycles. The van der Waals surface area contributed by atoms with Gasteiger partial charge in [-0.05, 0) is 18.2 Å². The van der Waals surface area contributed by atoms with Gasteiger partial charge in [0.05, 0.1) is 15.8 Å². The van der Waals surface area contributed by atoms with E-state index in [1.54, 1.807) is 6.26 Å². The number of aromatic nitrogens is 1. The van der Waals surface area contributed by atoms with Crippen molar-refractivity contribution in [3.8, 4) is 0 Å². The van der Waals surface area contributed by atoms with Crippen LogP contribution >= 0.6 is 11.3 Å². The van der Waals surface area contributed by atoms with E-state index in [-0.39, 0.29) is 0 Å². The van der Waals surface area contributed by atoms with Gasteiger partial charge in [0.15, 0.2) is 5.13 Å². The van der Waals surface area contributed by atoms with E-state index in [2.05, 4.69) is 10.3 Å². The van der Waals surface area contributed by atoms with Crippen molar-refractivity contribution in [1.29, 1.82) is 0 Å². The van der Waals surface area contributed by atoms with E-state index in [9.17, 15) is 17.4 Å². The van der Waals surface area contributed by atoms with Gasteiger partial charge in [-0.25, -0.2) is 4.98 Å². The van der Waals surface area contributed by atoms with Gasteiger partial charge < -0.3 is 5.32 Å². The van der Waals surface area contributed by atoms with Crippen LogP contribution < -0.4 is 5.32 Å². The van der Waals surface area contributed by atoms with Gasteiger partial charge in [0.1, 0.15) is 0 Å². The fraction of sp³-hybridized carbons (Fsp3) is 0.364. The molecule has 0 bridgehead atoms. The molecular weight excluding hydrogens is 297 g/mol. The Balaban J connectivity index is 2.18. The number of hydrogen-bond donors (Lipinski definition) is 1. The number of alkyl halides is 3. The summed E-state index contributed by atoms with van der Waals surface area (Å²) in [6.07, 6.45) is -2.76. The topological polar surface area (TPSA) is 42.0 Å². The maximum Gasteiger partial charge on any atom is 0.416 e. The maximum atomic E-state index is 12.5. The van der Waals surface area contributed by atoms with Crippen LogP contribution in [0.4, 0.5) is 18.3 Å². The molecule has 1 N–H and O–H groups in total. The Bertz CT molecular complexity index is 609. The molecule has 0 amide bonds. The molecule has 0 fully saturated rings. The van der Waals surface area contributed by atoms with Crippen LogP contribution in [-0.2, 0) is 17.0 Å². The van der Waals surface area contributed by atoms with Gasteiger partial charge in [-0.2, -0.15) is 13.2 Å². The van der Waals surface area contributed by atoms with Crippen molar-refractivity contribution in [3.63, 3.8) is 0 Å². The van der Waals surface area contributed by atoms with Crippen LogP contribution in [-0.4, -0.2) is 27.7 Å². The molecule has 1 aromatic carbocycles. The van der Waals surface area contributed by atoms with E-state index in [0.29, 0.717) is 27.6 Å². The van der Waals surface area contributed by atoms with Gasteiger partial charge in [-0.3, -0.25) is 4.21 Å². The lowest BCUT2D eigenvalue weighted by Gasteiger charge is -2.04. The molecule has 1 unspecified atom stereocenters. The summed E-state index contributed by atoms with van der Waals surface area (Å²) in [4.78, 5) is 4.09. The summed E-state index contributed by atoms with van der Waals surface area (Å²) in [5.41, 5.74) is -0.383. The lowest BCUT2D eigenvalue weighted by atomic mass is 10.2. The zero-order valence-electron chi connectivity index (χ0n) is 9.95. The van der Waals surface area contributed by atoms with Crippen molar-refractivity contribution in [1.82, 2.24) is 4.98 Å². The molecule has 1 heterocycles. The van der Waals surface area contributed by atoms with Gasteiger partial charge in [-0.1, -0.05) is 11.3 Å². The quantitative estimate of drug-likeness (QED) is 0.943. The SMILES string of the molecule is CS(=O)CCNc1nc2cc(C(F)(F)F)ccc2s1. The van der Waals surface area contributed by atoms with Gasteiger partial charge in [-0.15, -0.1) is 0 Å². The second kappa shape index (κ2) is 5.46. The molecule has 0 radical (unpaired) electrons. The number of thiazole rings is 1. The predicted molar refractivity (Wildman–Crippen MR) is 72.0 cm³/mol. The molecule has 104 valence electrons. The Morgan fingerprint density at radius 1 is 1.42 bits per heavy atom.